The van der Waals surface area contributed by atoms with Crippen LogP contribution in [0.3, 0.4) is 0 Å². The van der Waals surface area contributed by atoms with Gasteiger partial charge in [-0.2, -0.15) is 0 Å². The minimum absolute atomic E-state index is 0.273. The summed E-state index contributed by atoms with van der Waals surface area (Å²) in [4.78, 5) is 24.2. The predicted molar refractivity (Wildman–Crippen MR) is 111 cm³/mol. The minimum atomic E-state index is -0.849. The number of carbonyl (C=O) groups is 2. The van der Waals surface area contributed by atoms with Gasteiger partial charge in [0.25, 0.3) is 0 Å². The number of methoxy groups -OCH3 is 1. The maximum Gasteiger partial charge on any atom is 0.494 e. The molecule has 7 nitrogen and oxygen atoms in total. The molecule has 0 aromatic heterocycles. The average molecular weight is 405 g/mol. The van der Waals surface area contributed by atoms with Gasteiger partial charge in [0.2, 0.25) is 0 Å². The molecule has 1 amide bonds. The Morgan fingerprint density at radius 2 is 1.59 bits per heavy atom. The van der Waals surface area contributed by atoms with E-state index >= 15 is 0 Å². The maximum atomic E-state index is 12.1. The van der Waals surface area contributed by atoms with E-state index in [4.69, 9.17) is 18.8 Å². The second-order valence-electron chi connectivity index (χ2n) is 9.26. The third-order valence-electron chi connectivity index (χ3n) is 5.12. The van der Waals surface area contributed by atoms with Gasteiger partial charge in [0.15, 0.2) is 0 Å². The summed E-state index contributed by atoms with van der Waals surface area (Å²) in [5.74, 6) is -0.536. The lowest BCUT2D eigenvalue weighted by molar-refractivity contribution is -0.143. The average Bonchev–Trinajstić information content (AvgIpc) is 2.80. The molecule has 0 aliphatic carbocycles. The van der Waals surface area contributed by atoms with Crippen LogP contribution >= 0.6 is 0 Å². The van der Waals surface area contributed by atoms with E-state index in [1.165, 1.54) is 7.11 Å². The van der Waals surface area contributed by atoms with E-state index in [0.29, 0.717) is 0 Å². The van der Waals surface area contributed by atoms with E-state index in [1.54, 1.807) is 20.8 Å². The fraction of sp³-hybridized carbons (Fsp3) is 0.619. The number of benzene rings is 1. The van der Waals surface area contributed by atoms with Gasteiger partial charge in [0.05, 0.1) is 18.3 Å². The number of rotatable bonds is 5. The molecule has 160 valence electrons. The molecule has 0 spiro atoms. The number of hydrogen-bond donors (Lipinski definition) is 1. The molecular weight excluding hydrogens is 373 g/mol. The normalized spacial score (nSPS) is 18.8. The standard InChI is InChI=1S/C21H32BNO6/c1-19(2,3)27-18(25)23-16(17(24)26-8)13-14-9-11-15(12-10-14)22-28-20(4,5)21(6,7)29-22/h9-12,16H,13H2,1-8H3,(H,23,25)/t16-/m0/s1. The second-order valence-corrected chi connectivity index (χ2v) is 9.26. The summed E-state index contributed by atoms with van der Waals surface area (Å²) >= 11 is 0. The van der Waals surface area contributed by atoms with Crippen LogP contribution in [0.4, 0.5) is 4.79 Å². The first kappa shape index (κ1) is 23.2. The molecular formula is C21H32BNO6. The van der Waals surface area contributed by atoms with Gasteiger partial charge in [-0.1, -0.05) is 24.3 Å². The Morgan fingerprint density at radius 1 is 1.07 bits per heavy atom. The van der Waals surface area contributed by atoms with Crippen LogP contribution in [-0.2, 0) is 30.0 Å². The Balaban J connectivity index is 2.07. The Bertz CT molecular complexity index is 723. The molecule has 0 radical (unpaired) electrons. The fourth-order valence-electron chi connectivity index (χ4n) is 2.81. The molecule has 2 rings (SSSR count). The third kappa shape index (κ3) is 5.96. The molecule has 1 aromatic carbocycles. The van der Waals surface area contributed by atoms with Crippen molar-refractivity contribution in [1.82, 2.24) is 5.32 Å². The molecule has 1 atom stereocenters. The van der Waals surface area contributed by atoms with Gasteiger partial charge in [-0.05, 0) is 59.5 Å². The summed E-state index contributed by atoms with van der Waals surface area (Å²) in [6, 6.07) is 6.72. The molecule has 8 heteroatoms. The van der Waals surface area contributed by atoms with Crippen LogP contribution in [-0.4, -0.2) is 49.1 Å². The lowest BCUT2D eigenvalue weighted by Gasteiger charge is -2.32. The van der Waals surface area contributed by atoms with Crippen LogP contribution in [0.2, 0.25) is 0 Å². The highest BCUT2D eigenvalue weighted by molar-refractivity contribution is 6.62. The van der Waals surface area contributed by atoms with E-state index in [-0.39, 0.29) is 6.42 Å². The van der Waals surface area contributed by atoms with Gasteiger partial charge < -0.3 is 24.1 Å². The fourth-order valence-corrected chi connectivity index (χ4v) is 2.81. The van der Waals surface area contributed by atoms with Crippen molar-refractivity contribution in [2.75, 3.05) is 7.11 Å². The summed E-state index contributed by atoms with van der Waals surface area (Å²) in [5, 5.41) is 2.58. The van der Waals surface area contributed by atoms with Gasteiger partial charge in [0, 0.05) is 6.42 Å². The van der Waals surface area contributed by atoms with E-state index < -0.39 is 42.0 Å². The lowest BCUT2D eigenvalue weighted by Crippen LogP contribution is -2.45. The molecule has 1 heterocycles. The van der Waals surface area contributed by atoms with Crippen molar-refractivity contribution in [2.45, 2.75) is 77.7 Å². The minimum Gasteiger partial charge on any atom is -0.467 e. The highest BCUT2D eigenvalue weighted by Crippen LogP contribution is 2.36. The molecule has 1 aliphatic heterocycles. The van der Waals surface area contributed by atoms with Crippen molar-refractivity contribution in [3.8, 4) is 0 Å². The van der Waals surface area contributed by atoms with Crippen LogP contribution in [0.25, 0.3) is 0 Å². The molecule has 1 fully saturated rings. The van der Waals surface area contributed by atoms with Crippen molar-refractivity contribution in [3.05, 3.63) is 29.8 Å². The van der Waals surface area contributed by atoms with Gasteiger partial charge in [-0.3, -0.25) is 0 Å². The van der Waals surface area contributed by atoms with Crippen molar-refractivity contribution >= 4 is 24.6 Å². The largest absolute Gasteiger partial charge is 0.494 e. The zero-order valence-corrected chi connectivity index (χ0v) is 18.6. The Labute approximate surface area is 173 Å². The van der Waals surface area contributed by atoms with E-state index in [9.17, 15) is 9.59 Å². The Morgan fingerprint density at radius 3 is 2.03 bits per heavy atom. The lowest BCUT2D eigenvalue weighted by atomic mass is 9.78. The molecule has 0 saturated carbocycles. The molecule has 1 aromatic rings. The monoisotopic (exact) mass is 405 g/mol. The van der Waals surface area contributed by atoms with Crippen LogP contribution in [0, 0.1) is 0 Å². The van der Waals surface area contributed by atoms with Gasteiger partial charge >= 0.3 is 19.2 Å². The van der Waals surface area contributed by atoms with Crippen molar-refractivity contribution < 1.29 is 28.4 Å². The van der Waals surface area contributed by atoms with Gasteiger partial charge in [0.1, 0.15) is 11.6 Å². The first-order valence-corrected chi connectivity index (χ1v) is 9.76. The number of alkyl carbamates (subject to hydrolysis) is 1. The van der Waals surface area contributed by atoms with Crippen LogP contribution < -0.4 is 10.8 Å². The number of esters is 1. The molecule has 1 N–H and O–H groups in total. The van der Waals surface area contributed by atoms with Crippen molar-refractivity contribution in [1.29, 1.82) is 0 Å². The quantitative estimate of drug-likeness (QED) is 0.599. The summed E-state index contributed by atoms with van der Waals surface area (Å²) in [6.45, 7) is 13.3. The zero-order valence-electron chi connectivity index (χ0n) is 18.6. The summed E-state index contributed by atoms with van der Waals surface area (Å²) < 4.78 is 22.2. The van der Waals surface area contributed by atoms with E-state index in [0.717, 1.165) is 11.0 Å². The van der Waals surface area contributed by atoms with E-state index in [1.807, 2.05) is 52.0 Å². The number of carbonyl (C=O) groups excluding carboxylic acids is 2. The van der Waals surface area contributed by atoms with Crippen molar-refractivity contribution in [2.24, 2.45) is 0 Å². The molecule has 1 saturated heterocycles. The Kier molecular flexibility index (Phi) is 6.70. The van der Waals surface area contributed by atoms with Crippen molar-refractivity contribution in [3.63, 3.8) is 0 Å². The summed E-state index contributed by atoms with van der Waals surface area (Å²) in [7, 11) is 0.832. The van der Waals surface area contributed by atoms with Crippen LogP contribution in [0.5, 0.6) is 0 Å². The summed E-state index contributed by atoms with van der Waals surface area (Å²) in [5.41, 5.74) is 0.265. The summed E-state index contributed by atoms with van der Waals surface area (Å²) in [6.07, 6.45) is -0.392. The van der Waals surface area contributed by atoms with Gasteiger partial charge in [-0.15, -0.1) is 0 Å². The number of amides is 1. The predicted octanol–water partition coefficient (Wildman–Crippen LogP) is 2.59. The highest BCUT2D eigenvalue weighted by Gasteiger charge is 2.51. The van der Waals surface area contributed by atoms with Crippen LogP contribution in [0.1, 0.15) is 54.0 Å². The molecule has 29 heavy (non-hydrogen) atoms. The first-order chi connectivity index (χ1) is 13.2. The molecule has 0 unspecified atom stereocenters. The molecule has 0 bridgehead atoms. The topological polar surface area (TPSA) is 83.1 Å². The number of ether oxygens (including phenoxy) is 2. The number of nitrogens with one attached hydrogen (secondary N) is 1. The molecule has 1 aliphatic rings. The third-order valence-corrected chi connectivity index (χ3v) is 5.12. The highest BCUT2D eigenvalue weighted by atomic mass is 16.7. The van der Waals surface area contributed by atoms with Gasteiger partial charge in [-0.25, -0.2) is 9.59 Å². The number of hydrogen-bond acceptors (Lipinski definition) is 6. The Hall–Kier alpha value is -2.06. The van der Waals surface area contributed by atoms with E-state index in [2.05, 4.69) is 5.32 Å². The zero-order chi connectivity index (χ0) is 22.0. The SMILES string of the molecule is COC(=O)[C@H](Cc1ccc(B2OC(C)(C)C(C)(C)O2)cc1)NC(=O)OC(C)(C)C. The first-order valence-electron chi connectivity index (χ1n) is 9.76. The van der Waals surface area contributed by atoms with Crippen LogP contribution in [0.15, 0.2) is 24.3 Å². The second kappa shape index (κ2) is 8.36. The smallest absolute Gasteiger partial charge is 0.467 e. The maximum absolute atomic E-state index is 12.1.